The van der Waals surface area contributed by atoms with Crippen molar-refractivity contribution in [2.45, 2.75) is 25.5 Å². The molecule has 1 aromatic heterocycles. The van der Waals surface area contributed by atoms with E-state index in [-0.39, 0.29) is 12.1 Å². The minimum atomic E-state index is 0.226. The van der Waals surface area contributed by atoms with Gasteiger partial charge in [0.25, 0.3) is 0 Å². The average molecular weight is 254 g/mol. The number of fused-ring (bicyclic) bond motifs is 1. The van der Waals surface area contributed by atoms with Crippen molar-refractivity contribution in [3.05, 3.63) is 59.9 Å². The second-order valence-electron chi connectivity index (χ2n) is 4.94. The van der Waals surface area contributed by atoms with E-state index in [1.54, 1.807) is 0 Å². The molecule has 0 saturated carbocycles. The molecule has 3 nitrogen and oxygen atoms in total. The van der Waals surface area contributed by atoms with Crippen molar-refractivity contribution >= 4 is 0 Å². The predicted molar refractivity (Wildman–Crippen MR) is 75.2 cm³/mol. The smallest absolute Gasteiger partial charge is 0.123 e. The molecule has 2 aromatic rings. The number of benzene rings is 1. The van der Waals surface area contributed by atoms with Gasteiger partial charge in [-0.3, -0.25) is 4.98 Å². The Morgan fingerprint density at radius 2 is 2.11 bits per heavy atom. The molecule has 1 N–H and O–H groups in total. The van der Waals surface area contributed by atoms with E-state index in [0.717, 1.165) is 24.4 Å². The summed E-state index contributed by atoms with van der Waals surface area (Å²) in [6.45, 7) is 2.97. The highest BCUT2D eigenvalue weighted by Crippen LogP contribution is 2.27. The second kappa shape index (κ2) is 5.41. The van der Waals surface area contributed by atoms with Crippen LogP contribution in [0.3, 0.4) is 0 Å². The number of nitrogens with one attached hydrogen (secondary N) is 1. The molecule has 0 spiro atoms. The number of nitrogens with zero attached hydrogens (tertiary/aromatic N) is 1. The number of para-hydroxylation sites is 1. The quantitative estimate of drug-likeness (QED) is 0.911. The molecule has 0 fully saturated rings. The van der Waals surface area contributed by atoms with Crippen LogP contribution in [0.4, 0.5) is 0 Å². The van der Waals surface area contributed by atoms with Gasteiger partial charge in [0.05, 0.1) is 5.69 Å². The van der Waals surface area contributed by atoms with Gasteiger partial charge in [0.1, 0.15) is 11.9 Å². The third-order valence-electron chi connectivity index (χ3n) is 3.50. The Hall–Kier alpha value is -1.87. The van der Waals surface area contributed by atoms with Gasteiger partial charge in [-0.05, 0) is 30.7 Å². The van der Waals surface area contributed by atoms with Crippen molar-refractivity contribution < 1.29 is 4.74 Å². The van der Waals surface area contributed by atoms with Crippen molar-refractivity contribution in [3.8, 4) is 5.75 Å². The molecular formula is C16H18N2O. The number of rotatable bonds is 4. The summed E-state index contributed by atoms with van der Waals surface area (Å²) in [7, 11) is 0. The molecule has 1 aliphatic rings. The summed E-state index contributed by atoms with van der Waals surface area (Å²) in [5.74, 6) is 1.03. The van der Waals surface area contributed by atoms with Gasteiger partial charge in [0.15, 0.2) is 0 Å². The van der Waals surface area contributed by atoms with E-state index in [4.69, 9.17) is 4.74 Å². The van der Waals surface area contributed by atoms with E-state index in [9.17, 15) is 0 Å². The van der Waals surface area contributed by atoms with Gasteiger partial charge >= 0.3 is 0 Å². The third kappa shape index (κ3) is 2.76. The van der Waals surface area contributed by atoms with Gasteiger partial charge < -0.3 is 10.1 Å². The number of hydrogen-bond acceptors (Lipinski definition) is 3. The summed E-state index contributed by atoms with van der Waals surface area (Å²) < 4.78 is 5.91. The van der Waals surface area contributed by atoms with Gasteiger partial charge in [-0.25, -0.2) is 0 Å². The lowest BCUT2D eigenvalue weighted by atomic mass is 10.1. The van der Waals surface area contributed by atoms with Crippen LogP contribution in [-0.4, -0.2) is 17.6 Å². The average Bonchev–Trinajstić information content (AvgIpc) is 2.88. The zero-order valence-corrected chi connectivity index (χ0v) is 11.0. The van der Waals surface area contributed by atoms with Gasteiger partial charge in [0, 0.05) is 25.2 Å². The minimum absolute atomic E-state index is 0.226. The molecule has 19 heavy (non-hydrogen) atoms. The van der Waals surface area contributed by atoms with Gasteiger partial charge in [-0.2, -0.15) is 0 Å². The summed E-state index contributed by atoms with van der Waals surface area (Å²) in [4.78, 5) is 4.36. The molecule has 2 atom stereocenters. The number of pyridine rings is 1. The van der Waals surface area contributed by atoms with Crippen molar-refractivity contribution in [1.82, 2.24) is 10.3 Å². The largest absolute Gasteiger partial charge is 0.488 e. The molecule has 2 heterocycles. The van der Waals surface area contributed by atoms with Crippen LogP contribution in [0.2, 0.25) is 0 Å². The summed E-state index contributed by atoms with van der Waals surface area (Å²) in [6, 6.07) is 14.5. The van der Waals surface area contributed by atoms with Crippen molar-refractivity contribution in [2.75, 3.05) is 6.54 Å². The van der Waals surface area contributed by atoms with Crippen LogP contribution in [0.5, 0.6) is 5.75 Å². The SMILES string of the molecule is C[C@H](NCC1Cc2ccccc2O1)c1ccccn1. The topological polar surface area (TPSA) is 34.1 Å². The molecule has 1 aliphatic heterocycles. The normalized spacial score (nSPS) is 18.7. The molecule has 1 aromatic carbocycles. The fraction of sp³-hybridized carbons (Fsp3) is 0.312. The Morgan fingerprint density at radius 1 is 1.26 bits per heavy atom. The highest BCUT2D eigenvalue weighted by molar-refractivity contribution is 5.37. The van der Waals surface area contributed by atoms with E-state index in [0.29, 0.717) is 0 Å². The van der Waals surface area contributed by atoms with E-state index in [2.05, 4.69) is 29.4 Å². The highest BCUT2D eigenvalue weighted by atomic mass is 16.5. The molecule has 98 valence electrons. The molecular weight excluding hydrogens is 236 g/mol. The fourth-order valence-electron chi connectivity index (χ4n) is 2.41. The molecule has 3 heteroatoms. The van der Waals surface area contributed by atoms with Gasteiger partial charge in [-0.15, -0.1) is 0 Å². The molecule has 0 bridgehead atoms. The van der Waals surface area contributed by atoms with Crippen LogP contribution < -0.4 is 10.1 Å². The van der Waals surface area contributed by atoms with E-state index < -0.39 is 0 Å². The van der Waals surface area contributed by atoms with Crippen LogP contribution in [0.1, 0.15) is 24.2 Å². The van der Waals surface area contributed by atoms with Crippen molar-refractivity contribution in [1.29, 1.82) is 0 Å². The maximum atomic E-state index is 5.91. The van der Waals surface area contributed by atoms with Crippen molar-refractivity contribution in [3.63, 3.8) is 0 Å². The molecule has 0 saturated heterocycles. The lowest BCUT2D eigenvalue weighted by Gasteiger charge is -2.16. The Kier molecular flexibility index (Phi) is 3.47. The van der Waals surface area contributed by atoms with Crippen LogP contribution in [0.25, 0.3) is 0 Å². The summed E-state index contributed by atoms with van der Waals surface area (Å²) in [6.07, 6.45) is 3.04. The first-order valence-corrected chi connectivity index (χ1v) is 6.72. The maximum absolute atomic E-state index is 5.91. The Morgan fingerprint density at radius 3 is 2.89 bits per heavy atom. The van der Waals surface area contributed by atoms with Gasteiger partial charge in [0.2, 0.25) is 0 Å². The molecule has 0 radical (unpaired) electrons. The molecule has 0 aliphatic carbocycles. The zero-order valence-electron chi connectivity index (χ0n) is 11.0. The minimum Gasteiger partial charge on any atom is -0.488 e. The lowest BCUT2D eigenvalue weighted by Crippen LogP contribution is -2.32. The third-order valence-corrected chi connectivity index (χ3v) is 3.50. The van der Waals surface area contributed by atoms with Crippen LogP contribution >= 0.6 is 0 Å². The Labute approximate surface area is 113 Å². The maximum Gasteiger partial charge on any atom is 0.123 e. The monoisotopic (exact) mass is 254 g/mol. The van der Waals surface area contributed by atoms with Crippen LogP contribution in [0, 0.1) is 0 Å². The van der Waals surface area contributed by atoms with E-state index in [1.165, 1.54) is 5.56 Å². The number of ether oxygens (including phenoxy) is 1. The summed E-state index contributed by atoms with van der Waals surface area (Å²) in [5, 5.41) is 3.49. The summed E-state index contributed by atoms with van der Waals surface area (Å²) in [5.41, 5.74) is 2.37. The van der Waals surface area contributed by atoms with E-state index in [1.807, 2.05) is 36.5 Å². The number of aromatic nitrogens is 1. The second-order valence-corrected chi connectivity index (χ2v) is 4.94. The first-order chi connectivity index (χ1) is 9.33. The number of hydrogen-bond donors (Lipinski definition) is 1. The predicted octanol–water partition coefficient (Wildman–Crippen LogP) is 2.74. The first kappa shape index (κ1) is 12.2. The molecule has 3 rings (SSSR count). The Balaban J connectivity index is 1.55. The first-order valence-electron chi connectivity index (χ1n) is 6.72. The molecule has 1 unspecified atom stereocenters. The van der Waals surface area contributed by atoms with E-state index >= 15 is 0 Å². The summed E-state index contributed by atoms with van der Waals surface area (Å²) >= 11 is 0. The van der Waals surface area contributed by atoms with Crippen LogP contribution in [-0.2, 0) is 6.42 Å². The highest BCUT2D eigenvalue weighted by Gasteiger charge is 2.22. The van der Waals surface area contributed by atoms with Crippen LogP contribution in [0.15, 0.2) is 48.7 Å². The fourth-order valence-corrected chi connectivity index (χ4v) is 2.41. The van der Waals surface area contributed by atoms with Gasteiger partial charge in [-0.1, -0.05) is 24.3 Å². The zero-order chi connectivity index (χ0) is 13.1. The lowest BCUT2D eigenvalue weighted by molar-refractivity contribution is 0.222. The Bertz CT molecular complexity index is 516. The standard InChI is InChI=1S/C16H18N2O/c1-12(15-7-4-5-9-17-15)18-11-14-10-13-6-2-3-8-16(13)19-14/h2-9,12,14,18H,10-11H2,1H3/t12-,14?/m0/s1. The molecule has 0 amide bonds. The van der Waals surface area contributed by atoms with Crippen molar-refractivity contribution in [2.24, 2.45) is 0 Å².